The number of anilines is 1. The zero-order chi connectivity index (χ0) is 21.2. The highest BCUT2D eigenvalue weighted by Crippen LogP contribution is 2.09. The molecule has 0 aliphatic rings. The lowest BCUT2D eigenvalue weighted by atomic mass is 10.1. The molecule has 4 N–H and O–H groups in total. The summed E-state index contributed by atoms with van der Waals surface area (Å²) in [5.41, 5.74) is 7.45. The van der Waals surface area contributed by atoms with E-state index >= 15 is 0 Å². The van der Waals surface area contributed by atoms with Crippen molar-refractivity contribution in [3.63, 3.8) is 0 Å². The molecule has 0 saturated carbocycles. The van der Waals surface area contributed by atoms with Gasteiger partial charge in [-0.1, -0.05) is 34.6 Å². The van der Waals surface area contributed by atoms with Crippen molar-refractivity contribution in [2.24, 2.45) is 0 Å². The van der Waals surface area contributed by atoms with E-state index in [2.05, 4.69) is 5.32 Å². The number of carbonyl (C=O) groups is 2. The number of rotatable bonds is 4. The van der Waals surface area contributed by atoms with Gasteiger partial charge in [0, 0.05) is 23.4 Å². The van der Waals surface area contributed by atoms with Gasteiger partial charge in [-0.3, -0.25) is 9.59 Å². The summed E-state index contributed by atoms with van der Waals surface area (Å²) < 4.78 is 0. The van der Waals surface area contributed by atoms with Crippen LogP contribution in [0.1, 0.15) is 68.7 Å². The van der Waals surface area contributed by atoms with Crippen LogP contribution in [-0.4, -0.2) is 23.3 Å². The van der Waals surface area contributed by atoms with Crippen LogP contribution in [0.25, 0.3) is 0 Å². The topological polar surface area (TPSA) is 92.4 Å². The number of nitrogens with one attached hydrogen (secondary N) is 1. The molecule has 0 saturated heterocycles. The zero-order valence-electron chi connectivity index (χ0n) is 17.4. The minimum Gasteiger partial charge on any atom is -0.508 e. The van der Waals surface area contributed by atoms with Gasteiger partial charge in [-0.2, -0.15) is 0 Å². The Morgan fingerprint density at radius 1 is 0.889 bits per heavy atom. The molecule has 150 valence electrons. The summed E-state index contributed by atoms with van der Waals surface area (Å²) in [5.74, 6) is 0.159. The first kappa shape index (κ1) is 26.4. The fourth-order valence-corrected chi connectivity index (χ4v) is 1.67. The quantitative estimate of drug-likeness (QED) is 0.515. The second-order valence-electron chi connectivity index (χ2n) is 4.98. The van der Waals surface area contributed by atoms with Gasteiger partial charge in [0.2, 0.25) is 0 Å². The number of carbonyl (C=O) groups excluding carboxylic acids is 2. The number of benzene rings is 2. The molecule has 0 aliphatic heterocycles. The van der Waals surface area contributed by atoms with Crippen LogP contribution in [0.4, 0.5) is 5.69 Å². The van der Waals surface area contributed by atoms with Crippen LogP contribution in [-0.2, 0) is 0 Å². The van der Waals surface area contributed by atoms with Crippen molar-refractivity contribution in [2.45, 2.75) is 48.0 Å². The fraction of sp³-hybridized carbons (Fsp3) is 0.364. The van der Waals surface area contributed by atoms with Gasteiger partial charge in [0.1, 0.15) is 5.75 Å². The minimum atomic E-state index is -0.0400. The number of nitrogens with two attached hydrogens (primary N) is 1. The molecule has 27 heavy (non-hydrogen) atoms. The average Bonchev–Trinajstić information content (AvgIpc) is 2.70. The maximum atomic E-state index is 11.4. The molecule has 0 spiro atoms. The number of phenolic OH excluding ortho intramolecular Hbond substituents is 1. The maximum Gasteiger partial charge on any atom is 0.251 e. The summed E-state index contributed by atoms with van der Waals surface area (Å²) in [4.78, 5) is 22.0. The molecule has 0 aromatic heterocycles. The van der Waals surface area contributed by atoms with Crippen molar-refractivity contribution in [1.29, 1.82) is 0 Å². The molecule has 0 atom stereocenters. The van der Waals surface area contributed by atoms with Gasteiger partial charge in [-0.25, -0.2) is 0 Å². The largest absolute Gasteiger partial charge is 0.508 e. The number of ketones is 1. The molecular weight excluding hydrogens is 340 g/mol. The fourth-order valence-electron chi connectivity index (χ4n) is 1.67. The molecule has 5 heteroatoms. The van der Waals surface area contributed by atoms with Gasteiger partial charge in [0.15, 0.2) is 5.78 Å². The Morgan fingerprint density at radius 3 is 1.74 bits per heavy atom. The van der Waals surface area contributed by atoms with Crippen molar-refractivity contribution < 1.29 is 14.7 Å². The number of aromatic hydroxyl groups is 1. The highest BCUT2D eigenvalue weighted by molar-refractivity contribution is 5.94. The van der Waals surface area contributed by atoms with Crippen LogP contribution in [0, 0.1) is 0 Å². The van der Waals surface area contributed by atoms with Crippen molar-refractivity contribution in [3.05, 3.63) is 59.7 Å². The summed E-state index contributed by atoms with van der Waals surface area (Å²) in [6, 6.07) is 13.1. The van der Waals surface area contributed by atoms with E-state index in [1.807, 2.05) is 34.6 Å². The van der Waals surface area contributed by atoms with Crippen LogP contribution in [0.15, 0.2) is 48.5 Å². The molecule has 2 aromatic carbocycles. The normalized spacial score (nSPS) is 8.52. The SMILES string of the molecule is CC.CC.CC(=O)c1ccc(O)cc1.CCCNC(=O)c1ccc(N)cc1. The lowest BCUT2D eigenvalue weighted by Crippen LogP contribution is -2.23. The second-order valence-corrected chi connectivity index (χ2v) is 4.98. The Morgan fingerprint density at radius 2 is 1.33 bits per heavy atom. The molecule has 0 heterocycles. The van der Waals surface area contributed by atoms with Crippen molar-refractivity contribution in [1.82, 2.24) is 5.32 Å². The van der Waals surface area contributed by atoms with Crippen LogP contribution in [0.3, 0.4) is 0 Å². The minimum absolute atomic E-state index is 0.0139. The molecule has 0 unspecified atom stereocenters. The summed E-state index contributed by atoms with van der Waals surface area (Å²) in [5, 5.41) is 11.6. The van der Waals surface area contributed by atoms with Crippen LogP contribution in [0.5, 0.6) is 5.75 Å². The first-order valence-electron chi connectivity index (χ1n) is 9.37. The summed E-state index contributed by atoms with van der Waals surface area (Å²) >= 11 is 0. The number of nitrogen functional groups attached to an aromatic ring is 1. The molecule has 2 aromatic rings. The third-order valence-corrected chi connectivity index (χ3v) is 2.98. The molecule has 5 nitrogen and oxygen atoms in total. The predicted molar refractivity (Wildman–Crippen MR) is 114 cm³/mol. The van der Waals surface area contributed by atoms with E-state index in [-0.39, 0.29) is 17.4 Å². The molecular formula is C22H34N2O3. The number of amides is 1. The smallest absolute Gasteiger partial charge is 0.251 e. The van der Waals surface area contributed by atoms with Crippen LogP contribution >= 0.6 is 0 Å². The highest BCUT2D eigenvalue weighted by atomic mass is 16.3. The van der Waals surface area contributed by atoms with E-state index in [0.717, 1.165) is 6.42 Å². The first-order chi connectivity index (χ1) is 12.9. The summed E-state index contributed by atoms with van der Waals surface area (Å²) in [6.07, 6.45) is 0.945. The van der Waals surface area contributed by atoms with E-state index in [1.54, 1.807) is 36.4 Å². The third kappa shape index (κ3) is 12.2. The maximum absolute atomic E-state index is 11.4. The van der Waals surface area contributed by atoms with Gasteiger partial charge >= 0.3 is 0 Å². The standard InChI is InChI=1S/C10H14N2O.C8H8O2.2C2H6/c1-2-7-12-10(13)8-3-5-9(11)6-4-8;1-6(9)7-2-4-8(10)5-3-7;2*1-2/h3-6H,2,7,11H2,1H3,(H,12,13);2-5,10H,1H3;2*1-2H3. The van der Waals surface area contributed by atoms with Crippen LogP contribution in [0.2, 0.25) is 0 Å². The first-order valence-corrected chi connectivity index (χ1v) is 9.37. The monoisotopic (exact) mass is 374 g/mol. The van der Waals surface area contributed by atoms with Crippen LogP contribution < -0.4 is 11.1 Å². The van der Waals surface area contributed by atoms with Gasteiger partial charge in [-0.15, -0.1) is 0 Å². The number of hydrogen-bond donors (Lipinski definition) is 3. The van der Waals surface area contributed by atoms with Crippen molar-refractivity contribution >= 4 is 17.4 Å². The number of phenols is 1. The lowest BCUT2D eigenvalue weighted by Gasteiger charge is -2.02. The Bertz CT molecular complexity index is 636. The van der Waals surface area contributed by atoms with Gasteiger partial charge in [0.05, 0.1) is 0 Å². The Hall–Kier alpha value is -2.82. The Labute approximate surface area is 163 Å². The highest BCUT2D eigenvalue weighted by Gasteiger charge is 2.02. The van der Waals surface area contributed by atoms with E-state index in [0.29, 0.717) is 23.4 Å². The van der Waals surface area contributed by atoms with Gasteiger partial charge in [0.25, 0.3) is 5.91 Å². The molecule has 0 aliphatic carbocycles. The van der Waals surface area contributed by atoms with Gasteiger partial charge < -0.3 is 16.2 Å². The van der Waals surface area contributed by atoms with Crippen molar-refractivity contribution in [3.8, 4) is 5.75 Å². The molecule has 0 fully saturated rings. The predicted octanol–water partition coefficient (Wildman–Crippen LogP) is 5.06. The molecule has 0 bridgehead atoms. The second kappa shape index (κ2) is 16.6. The molecule has 0 radical (unpaired) electrons. The van der Waals surface area contributed by atoms with E-state index in [4.69, 9.17) is 10.8 Å². The van der Waals surface area contributed by atoms with E-state index < -0.39 is 0 Å². The average molecular weight is 375 g/mol. The van der Waals surface area contributed by atoms with Gasteiger partial charge in [-0.05, 0) is 61.9 Å². The lowest BCUT2D eigenvalue weighted by molar-refractivity contribution is 0.0952. The van der Waals surface area contributed by atoms with E-state index in [1.165, 1.54) is 19.1 Å². The Balaban J connectivity index is 0. The number of Topliss-reactive ketones (excluding diaryl/α,β-unsaturated/α-hetero) is 1. The third-order valence-electron chi connectivity index (χ3n) is 2.98. The van der Waals surface area contributed by atoms with E-state index in [9.17, 15) is 9.59 Å². The summed E-state index contributed by atoms with van der Waals surface area (Å²) in [6.45, 7) is 12.2. The molecule has 2 rings (SSSR count). The van der Waals surface area contributed by atoms with Crippen molar-refractivity contribution in [2.75, 3.05) is 12.3 Å². The molecule has 1 amide bonds. The number of hydrogen-bond acceptors (Lipinski definition) is 4. The zero-order valence-corrected chi connectivity index (χ0v) is 17.4. The Kier molecular flexibility index (Phi) is 16.3. The summed E-state index contributed by atoms with van der Waals surface area (Å²) in [7, 11) is 0.